The Morgan fingerprint density at radius 2 is 1.71 bits per heavy atom. The summed E-state index contributed by atoms with van der Waals surface area (Å²) in [5.74, 6) is 0.559. The van der Waals surface area contributed by atoms with Crippen LogP contribution in [0.15, 0.2) is 85.6 Å². The van der Waals surface area contributed by atoms with Gasteiger partial charge in [0.15, 0.2) is 5.17 Å². The van der Waals surface area contributed by atoms with Crippen molar-refractivity contribution in [3.8, 4) is 5.75 Å². The van der Waals surface area contributed by atoms with Crippen molar-refractivity contribution in [1.29, 1.82) is 0 Å². The largest absolute Gasteiger partial charge is 0.487 e. The molecule has 0 spiro atoms. The van der Waals surface area contributed by atoms with Crippen molar-refractivity contribution < 1.29 is 9.53 Å². The van der Waals surface area contributed by atoms with Crippen molar-refractivity contribution in [3.05, 3.63) is 97.3 Å². The minimum absolute atomic E-state index is 0.161. The van der Waals surface area contributed by atoms with Crippen LogP contribution in [0, 0.1) is 6.92 Å². The Balaban J connectivity index is 1.50. The van der Waals surface area contributed by atoms with E-state index < -0.39 is 0 Å². The Bertz CT molecular complexity index is 1150. The summed E-state index contributed by atoms with van der Waals surface area (Å²) in [6.45, 7) is 2.53. The number of para-hydroxylation sites is 1. The molecule has 1 fully saturated rings. The van der Waals surface area contributed by atoms with Crippen LogP contribution in [0.5, 0.6) is 5.75 Å². The Kier molecular flexibility index (Phi) is 6.95. The van der Waals surface area contributed by atoms with E-state index in [1.165, 1.54) is 17.3 Å². The zero-order valence-electron chi connectivity index (χ0n) is 16.6. The number of amidine groups is 1. The third kappa shape index (κ3) is 5.67. The van der Waals surface area contributed by atoms with E-state index in [2.05, 4.69) is 73.4 Å². The number of nitrogens with zero attached hydrogens (tertiary/aromatic N) is 1. The molecule has 0 saturated carbocycles. The van der Waals surface area contributed by atoms with Gasteiger partial charge in [-0.25, -0.2) is 4.99 Å². The molecule has 1 N–H and O–H groups in total. The van der Waals surface area contributed by atoms with Gasteiger partial charge in [0.1, 0.15) is 12.4 Å². The molecule has 7 heteroatoms. The first kappa shape index (κ1) is 21.9. The van der Waals surface area contributed by atoms with Gasteiger partial charge < -0.3 is 10.1 Å². The Morgan fingerprint density at radius 1 is 1.03 bits per heavy atom. The van der Waals surface area contributed by atoms with Gasteiger partial charge >= 0.3 is 0 Å². The van der Waals surface area contributed by atoms with Crippen molar-refractivity contribution in [3.63, 3.8) is 0 Å². The number of hydrogen-bond acceptors (Lipinski definition) is 4. The van der Waals surface area contributed by atoms with Crippen molar-refractivity contribution in [2.45, 2.75) is 13.5 Å². The van der Waals surface area contributed by atoms with Crippen molar-refractivity contribution in [1.82, 2.24) is 5.32 Å². The first-order valence-corrected chi connectivity index (χ1v) is 11.9. The summed E-state index contributed by atoms with van der Waals surface area (Å²) < 4.78 is 7.62. The van der Waals surface area contributed by atoms with Crippen LogP contribution in [-0.2, 0) is 11.4 Å². The van der Waals surface area contributed by atoms with Gasteiger partial charge in [0.05, 0.1) is 19.5 Å². The van der Waals surface area contributed by atoms with Crippen molar-refractivity contribution in [2.24, 2.45) is 4.99 Å². The molecule has 0 radical (unpaired) electrons. The van der Waals surface area contributed by atoms with E-state index >= 15 is 0 Å². The van der Waals surface area contributed by atoms with Gasteiger partial charge in [-0.1, -0.05) is 48.0 Å². The molecule has 0 atom stereocenters. The lowest BCUT2D eigenvalue weighted by molar-refractivity contribution is -0.115. The van der Waals surface area contributed by atoms with Gasteiger partial charge in [-0.2, -0.15) is 0 Å². The molecule has 0 aliphatic carbocycles. The lowest BCUT2D eigenvalue weighted by atomic mass is 10.1. The van der Waals surface area contributed by atoms with Gasteiger partial charge in [-0.3, -0.25) is 4.79 Å². The van der Waals surface area contributed by atoms with Crippen LogP contribution in [-0.4, -0.2) is 11.1 Å². The number of rotatable bonds is 5. The predicted molar refractivity (Wildman–Crippen MR) is 135 cm³/mol. The third-order valence-electron chi connectivity index (χ3n) is 4.46. The van der Waals surface area contributed by atoms with E-state index in [1.807, 2.05) is 48.5 Å². The number of nitrogens with one attached hydrogen (secondary N) is 1. The molecule has 1 saturated heterocycles. The standard InChI is InChI=1S/C24H18Br2N2O2S/c1-15-7-9-16(10-8-15)14-30-22-19(25)11-17(12-20(22)26)13-21-23(29)28-24(31-21)27-18-5-3-2-4-6-18/h2-13H,14H2,1H3,(H,27,28,29)/b21-13-. The monoisotopic (exact) mass is 556 g/mol. The fraction of sp³-hybridized carbons (Fsp3) is 0.0833. The van der Waals surface area contributed by atoms with Gasteiger partial charge in [0.25, 0.3) is 5.91 Å². The molecular weight excluding hydrogens is 540 g/mol. The molecule has 0 unspecified atom stereocenters. The van der Waals surface area contributed by atoms with Crippen LogP contribution >= 0.6 is 43.6 Å². The summed E-state index contributed by atoms with van der Waals surface area (Å²) in [7, 11) is 0. The molecule has 0 bridgehead atoms. The normalized spacial score (nSPS) is 16.0. The fourth-order valence-electron chi connectivity index (χ4n) is 2.89. The average molecular weight is 558 g/mol. The number of thioether (sulfide) groups is 1. The maximum absolute atomic E-state index is 12.4. The second kappa shape index (κ2) is 9.85. The molecule has 4 nitrogen and oxygen atoms in total. The summed E-state index contributed by atoms with van der Waals surface area (Å²) in [6.07, 6.45) is 1.84. The number of aryl methyl sites for hydroxylation is 1. The summed E-state index contributed by atoms with van der Waals surface area (Å²) in [5, 5.41) is 3.38. The number of halogens is 2. The highest BCUT2D eigenvalue weighted by Gasteiger charge is 2.24. The maximum atomic E-state index is 12.4. The molecule has 1 aliphatic heterocycles. The number of amides is 1. The van der Waals surface area contributed by atoms with Crippen LogP contribution in [0.2, 0.25) is 0 Å². The van der Waals surface area contributed by atoms with E-state index in [0.717, 1.165) is 31.5 Å². The predicted octanol–water partition coefficient (Wildman–Crippen LogP) is 6.99. The highest BCUT2D eigenvalue weighted by molar-refractivity contribution is 9.11. The second-order valence-electron chi connectivity index (χ2n) is 6.91. The topological polar surface area (TPSA) is 50.7 Å². The lowest BCUT2D eigenvalue weighted by Gasteiger charge is -2.12. The smallest absolute Gasteiger partial charge is 0.264 e. The third-order valence-corrected chi connectivity index (χ3v) is 6.55. The van der Waals surface area contributed by atoms with Crippen molar-refractivity contribution >= 4 is 66.5 Å². The quantitative estimate of drug-likeness (QED) is 0.344. The first-order chi connectivity index (χ1) is 15.0. The van der Waals surface area contributed by atoms with Gasteiger partial charge in [0, 0.05) is 0 Å². The second-order valence-corrected chi connectivity index (χ2v) is 9.64. The zero-order chi connectivity index (χ0) is 21.8. The molecule has 31 heavy (non-hydrogen) atoms. The number of carbonyl (C=O) groups excluding carboxylic acids is 1. The van der Waals surface area contributed by atoms with Crippen LogP contribution in [0.25, 0.3) is 6.08 Å². The van der Waals surface area contributed by atoms with Crippen molar-refractivity contribution in [2.75, 3.05) is 0 Å². The minimum Gasteiger partial charge on any atom is -0.487 e. The highest BCUT2D eigenvalue weighted by atomic mass is 79.9. The number of benzene rings is 3. The molecule has 0 aromatic heterocycles. The van der Waals surface area contributed by atoms with Gasteiger partial charge in [0.2, 0.25) is 0 Å². The van der Waals surface area contributed by atoms with E-state index in [1.54, 1.807) is 0 Å². The number of carbonyl (C=O) groups is 1. The average Bonchev–Trinajstić information content (AvgIpc) is 3.08. The molecular formula is C24H18Br2N2O2S. The molecule has 1 amide bonds. The minimum atomic E-state index is -0.161. The molecule has 3 aromatic rings. The first-order valence-electron chi connectivity index (χ1n) is 9.50. The van der Waals surface area contributed by atoms with E-state index in [-0.39, 0.29) is 5.91 Å². The maximum Gasteiger partial charge on any atom is 0.264 e. The van der Waals surface area contributed by atoms with Gasteiger partial charge in [-0.15, -0.1) is 0 Å². The van der Waals surface area contributed by atoms with E-state index in [0.29, 0.717) is 16.7 Å². The SMILES string of the molecule is Cc1ccc(COc2c(Br)cc(/C=C3\SC(=Nc4ccccc4)NC3=O)cc2Br)cc1. The number of ether oxygens (including phenoxy) is 1. The van der Waals surface area contributed by atoms with Crippen LogP contribution in [0.4, 0.5) is 5.69 Å². The Hall–Kier alpha value is -2.35. The number of aliphatic imine (C=N–C) groups is 1. The Labute approximate surface area is 202 Å². The van der Waals surface area contributed by atoms with E-state index in [9.17, 15) is 4.79 Å². The molecule has 1 heterocycles. The fourth-order valence-corrected chi connectivity index (χ4v) is 5.18. The Morgan fingerprint density at radius 3 is 2.39 bits per heavy atom. The summed E-state index contributed by atoms with van der Waals surface area (Å²) in [6, 6.07) is 21.7. The van der Waals surface area contributed by atoms with Crippen LogP contribution in [0.3, 0.4) is 0 Å². The number of hydrogen-bond donors (Lipinski definition) is 1. The highest BCUT2D eigenvalue weighted by Crippen LogP contribution is 2.37. The van der Waals surface area contributed by atoms with Gasteiger partial charge in [-0.05, 0) is 92.0 Å². The van der Waals surface area contributed by atoms with Crippen LogP contribution in [0.1, 0.15) is 16.7 Å². The molecule has 3 aromatic carbocycles. The molecule has 156 valence electrons. The lowest BCUT2D eigenvalue weighted by Crippen LogP contribution is -2.19. The summed E-state index contributed by atoms with van der Waals surface area (Å²) in [4.78, 5) is 17.4. The van der Waals surface area contributed by atoms with E-state index in [4.69, 9.17) is 4.74 Å². The zero-order valence-corrected chi connectivity index (χ0v) is 20.6. The molecule has 4 rings (SSSR count). The summed E-state index contributed by atoms with van der Waals surface area (Å²) >= 11 is 8.50. The molecule has 1 aliphatic rings. The van der Waals surface area contributed by atoms with Crippen LogP contribution < -0.4 is 10.1 Å². The summed E-state index contributed by atoms with van der Waals surface area (Å²) in [5.41, 5.74) is 3.99.